The van der Waals surface area contributed by atoms with Gasteiger partial charge in [-0.2, -0.15) is 0 Å². The molecule has 10 heavy (non-hydrogen) atoms. The minimum absolute atomic E-state index is 0. The monoisotopic (exact) mass is 163 g/mol. The van der Waals surface area contributed by atoms with E-state index in [9.17, 15) is 0 Å². The van der Waals surface area contributed by atoms with E-state index in [0.29, 0.717) is 18.2 Å². The second-order valence-corrected chi connectivity index (χ2v) is 3.00. The van der Waals surface area contributed by atoms with Crippen LogP contribution in [0.2, 0.25) is 0 Å². The smallest absolute Gasteiger partial charge is 0.0733 e. The van der Waals surface area contributed by atoms with Gasteiger partial charge in [0.25, 0.3) is 0 Å². The molecule has 3 heteroatoms. The Kier molecular flexibility index (Phi) is 2.55. The summed E-state index contributed by atoms with van der Waals surface area (Å²) in [4.78, 5) is 0. The van der Waals surface area contributed by atoms with E-state index in [2.05, 4.69) is 5.32 Å². The maximum Gasteiger partial charge on any atom is 0.0733 e. The van der Waals surface area contributed by atoms with Gasteiger partial charge in [-0.1, -0.05) is 0 Å². The zero-order valence-corrected chi connectivity index (χ0v) is 6.99. The number of hydrogen-bond donors (Lipinski definition) is 1. The highest BCUT2D eigenvalue weighted by atomic mass is 35.5. The van der Waals surface area contributed by atoms with Crippen LogP contribution in [0.1, 0.15) is 19.3 Å². The van der Waals surface area contributed by atoms with E-state index in [-0.39, 0.29) is 12.4 Å². The van der Waals surface area contributed by atoms with Gasteiger partial charge in [0.05, 0.1) is 12.2 Å². The van der Waals surface area contributed by atoms with Gasteiger partial charge in [-0.15, -0.1) is 12.4 Å². The molecule has 2 bridgehead atoms. The molecule has 0 radical (unpaired) electrons. The van der Waals surface area contributed by atoms with Crippen LogP contribution in [-0.4, -0.2) is 25.3 Å². The molecule has 1 N–H and O–H groups in total. The Balaban J connectivity index is 0.000000500. The highest BCUT2D eigenvalue weighted by Crippen LogP contribution is 2.33. The third kappa shape index (κ3) is 1.16. The van der Waals surface area contributed by atoms with Crippen LogP contribution in [0.25, 0.3) is 0 Å². The molecule has 2 saturated heterocycles. The first kappa shape index (κ1) is 8.31. The van der Waals surface area contributed by atoms with Crippen molar-refractivity contribution in [3.8, 4) is 0 Å². The number of ether oxygens (including phenoxy) is 1. The number of likely N-dealkylation sites (N-methyl/N-ethyl adjacent to an activating group) is 1. The van der Waals surface area contributed by atoms with Gasteiger partial charge in [0.15, 0.2) is 0 Å². The van der Waals surface area contributed by atoms with E-state index in [0.717, 1.165) is 0 Å². The molecule has 0 saturated carbocycles. The predicted octanol–water partition coefficient (Wildman–Crippen LogP) is 0.948. The van der Waals surface area contributed by atoms with Crippen LogP contribution in [-0.2, 0) is 4.74 Å². The van der Waals surface area contributed by atoms with Crippen LogP contribution in [0.5, 0.6) is 0 Å². The zero-order valence-electron chi connectivity index (χ0n) is 6.17. The maximum absolute atomic E-state index is 5.61. The second kappa shape index (κ2) is 3.07. The van der Waals surface area contributed by atoms with Crippen molar-refractivity contribution in [1.82, 2.24) is 5.32 Å². The molecule has 0 aromatic rings. The van der Waals surface area contributed by atoms with Crippen molar-refractivity contribution in [3.05, 3.63) is 0 Å². The summed E-state index contributed by atoms with van der Waals surface area (Å²) in [5, 5.41) is 3.27. The van der Waals surface area contributed by atoms with Crippen LogP contribution in [0.4, 0.5) is 0 Å². The van der Waals surface area contributed by atoms with Crippen molar-refractivity contribution in [2.75, 3.05) is 7.05 Å². The van der Waals surface area contributed by atoms with Crippen LogP contribution in [0.15, 0.2) is 0 Å². The molecule has 0 aromatic heterocycles. The van der Waals surface area contributed by atoms with Gasteiger partial charge in [-0.3, -0.25) is 0 Å². The Labute approximate surface area is 67.7 Å². The molecule has 2 aliphatic rings. The molecule has 2 nitrogen and oxygen atoms in total. The van der Waals surface area contributed by atoms with E-state index in [1.54, 1.807) is 0 Å². The number of fused-ring (bicyclic) bond motifs is 2. The van der Waals surface area contributed by atoms with Gasteiger partial charge < -0.3 is 10.1 Å². The fourth-order valence-corrected chi connectivity index (χ4v) is 1.94. The lowest BCUT2D eigenvalue weighted by Crippen LogP contribution is -2.34. The molecule has 0 aromatic carbocycles. The first-order chi connectivity index (χ1) is 4.40. The van der Waals surface area contributed by atoms with E-state index < -0.39 is 0 Å². The van der Waals surface area contributed by atoms with Crippen molar-refractivity contribution in [2.24, 2.45) is 0 Å². The van der Waals surface area contributed by atoms with E-state index in [1.807, 2.05) is 7.05 Å². The van der Waals surface area contributed by atoms with Crippen molar-refractivity contribution in [2.45, 2.75) is 37.5 Å². The maximum atomic E-state index is 5.61. The predicted molar refractivity (Wildman–Crippen MR) is 42.6 cm³/mol. The van der Waals surface area contributed by atoms with Crippen molar-refractivity contribution in [3.63, 3.8) is 0 Å². The fourth-order valence-electron chi connectivity index (χ4n) is 1.94. The molecule has 3 atom stereocenters. The Morgan fingerprint density at radius 1 is 1.40 bits per heavy atom. The summed E-state index contributed by atoms with van der Waals surface area (Å²) in [5.74, 6) is 0. The lowest BCUT2D eigenvalue weighted by atomic mass is 9.96. The Bertz CT molecular complexity index is 120. The molecule has 0 aliphatic carbocycles. The van der Waals surface area contributed by atoms with Crippen molar-refractivity contribution >= 4 is 12.4 Å². The number of nitrogens with one attached hydrogen (secondary N) is 1. The van der Waals surface area contributed by atoms with E-state index in [4.69, 9.17) is 4.74 Å². The minimum atomic E-state index is 0. The summed E-state index contributed by atoms with van der Waals surface area (Å²) in [7, 11) is 2.02. The molecule has 0 spiro atoms. The number of hydrogen-bond acceptors (Lipinski definition) is 2. The Hall–Kier alpha value is 0.210. The zero-order chi connectivity index (χ0) is 6.27. The van der Waals surface area contributed by atoms with Crippen LogP contribution >= 0.6 is 12.4 Å². The first-order valence-electron chi connectivity index (χ1n) is 3.73. The highest BCUT2D eigenvalue weighted by Gasteiger charge is 2.39. The summed E-state index contributed by atoms with van der Waals surface area (Å²) in [5.41, 5.74) is 0. The van der Waals surface area contributed by atoms with Gasteiger partial charge in [0.1, 0.15) is 0 Å². The van der Waals surface area contributed by atoms with Gasteiger partial charge in [0.2, 0.25) is 0 Å². The number of halogens is 1. The standard InChI is InChI=1S/C7H13NO.ClH/c1-8-6-4-5-2-3-7(6)9-5;/h5-8H,2-4H2,1H3;1H/t5-,6-,7+;/m1./s1. The van der Waals surface area contributed by atoms with Crippen LogP contribution in [0.3, 0.4) is 0 Å². The quantitative estimate of drug-likeness (QED) is 0.622. The van der Waals surface area contributed by atoms with Gasteiger partial charge in [-0.05, 0) is 26.3 Å². The van der Waals surface area contributed by atoms with E-state index in [1.165, 1.54) is 19.3 Å². The largest absolute Gasteiger partial charge is 0.373 e. The molecule has 60 valence electrons. The van der Waals surface area contributed by atoms with Gasteiger partial charge in [0, 0.05) is 6.04 Å². The summed E-state index contributed by atoms with van der Waals surface area (Å²) >= 11 is 0. The molecule has 0 unspecified atom stereocenters. The molecule has 0 amide bonds. The topological polar surface area (TPSA) is 21.3 Å². The lowest BCUT2D eigenvalue weighted by molar-refractivity contribution is 0.0983. The highest BCUT2D eigenvalue weighted by molar-refractivity contribution is 5.85. The molecular weight excluding hydrogens is 150 g/mol. The third-order valence-corrected chi connectivity index (χ3v) is 2.48. The Morgan fingerprint density at radius 3 is 2.50 bits per heavy atom. The lowest BCUT2D eigenvalue weighted by Gasteiger charge is -2.16. The third-order valence-electron chi connectivity index (χ3n) is 2.48. The Morgan fingerprint density at radius 2 is 2.20 bits per heavy atom. The summed E-state index contributed by atoms with van der Waals surface area (Å²) < 4.78 is 5.61. The van der Waals surface area contributed by atoms with Gasteiger partial charge >= 0.3 is 0 Å². The van der Waals surface area contributed by atoms with Crippen molar-refractivity contribution in [1.29, 1.82) is 0 Å². The molecule has 2 heterocycles. The van der Waals surface area contributed by atoms with Crippen LogP contribution < -0.4 is 5.32 Å². The number of rotatable bonds is 1. The first-order valence-corrected chi connectivity index (χ1v) is 3.73. The normalized spacial score (nSPS) is 43.5. The summed E-state index contributed by atoms with van der Waals surface area (Å²) in [6.45, 7) is 0. The fraction of sp³-hybridized carbons (Fsp3) is 1.00. The van der Waals surface area contributed by atoms with Gasteiger partial charge in [-0.25, -0.2) is 0 Å². The second-order valence-electron chi connectivity index (χ2n) is 3.00. The molecule has 2 aliphatic heterocycles. The van der Waals surface area contributed by atoms with Crippen LogP contribution in [0, 0.1) is 0 Å². The minimum Gasteiger partial charge on any atom is -0.373 e. The van der Waals surface area contributed by atoms with E-state index >= 15 is 0 Å². The molecular formula is C7H14ClNO. The molecule has 2 fully saturated rings. The summed E-state index contributed by atoms with van der Waals surface area (Å²) in [6.07, 6.45) is 4.94. The molecule has 2 rings (SSSR count). The average Bonchev–Trinajstić information content (AvgIpc) is 2.45. The summed E-state index contributed by atoms with van der Waals surface area (Å²) in [6, 6.07) is 0.656. The average molecular weight is 164 g/mol. The van der Waals surface area contributed by atoms with Crippen molar-refractivity contribution < 1.29 is 4.74 Å². The SMILES string of the molecule is CN[C@@H]1C[C@H]2CC[C@@H]1O2.Cl.